The van der Waals surface area contributed by atoms with E-state index in [0.29, 0.717) is 0 Å². The highest BCUT2D eigenvalue weighted by atomic mass is 16.3. The van der Waals surface area contributed by atoms with E-state index in [1.54, 1.807) is 4.90 Å². The topological polar surface area (TPSA) is 96.6 Å². The largest absolute Gasteiger partial charge is 0.395 e. The van der Waals surface area contributed by atoms with Crippen molar-refractivity contribution in [1.29, 1.82) is 5.26 Å². The molecule has 106 valence electrons. The zero-order valence-electron chi connectivity index (χ0n) is 11.0. The minimum absolute atomic E-state index is 0.00815. The Kier molecular flexibility index (Phi) is 6.93. The summed E-state index contributed by atoms with van der Waals surface area (Å²) in [7, 11) is 0. The van der Waals surface area contributed by atoms with Crippen LogP contribution >= 0.6 is 0 Å². The van der Waals surface area contributed by atoms with Crippen LogP contribution in [0.1, 0.15) is 25.7 Å². The number of aliphatic hydroxyl groups is 2. The Balaban J connectivity index is 2.62. The van der Waals surface area contributed by atoms with E-state index in [-0.39, 0.29) is 43.8 Å². The number of hydrogen-bond acceptors (Lipinski definition) is 5. The number of carbonyl (C=O) groups is 1. The molecule has 6 nitrogen and oxygen atoms in total. The van der Waals surface area contributed by atoms with Crippen LogP contribution in [-0.2, 0) is 4.79 Å². The van der Waals surface area contributed by atoms with E-state index >= 15 is 0 Å². The number of nitrogens with one attached hydrogen (secondary N) is 1. The molecule has 1 aliphatic rings. The van der Waals surface area contributed by atoms with Gasteiger partial charge in [0.05, 0.1) is 13.2 Å². The maximum absolute atomic E-state index is 11.9. The molecule has 1 rings (SSSR count). The van der Waals surface area contributed by atoms with Gasteiger partial charge in [-0.1, -0.05) is 12.8 Å². The van der Waals surface area contributed by atoms with Crippen LogP contribution in [-0.4, -0.2) is 53.4 Å². The van der Waals surface area contributed by atoms with E-state index in [2.05, 4.69) is 5.32 Å². The molecule has 0 aromatic rings. The predicted octanol–water partition coefficient (Wildman–Crippen LogP) is -0.261. The molecule has 1 aliphatic carbocycles. The molecule has 1 saturated carbocycles. The van der Waals surface area contributed by atoms with E-state index in [9.17, 15) is 4.79 Å². The van der Waals surface area contributed by atoms with E-state index < -0.39 is 0 Å². The minimum atomic E-state index is -0.379. The Morgan fingerprint density at radius 3 is 2.37 bits per heavy atom. The van der Waals surface area contributed by atoms with Gasteiger partial charge in [-0.15, -0.1) is 0 Å². The summed E-state index contributed by atoms with van der Waals surface area (Å²) in [5.74, 6) is -0.379. The van der Waals surface area contributed by atoms with Gasteiger partial charge in [-0.25, -0.2) is 0 Å². The van der Waals surface area contributed by atoms with Crippen LogP contribution in [0.5, 0.6) is 0 Å². The molecule has 1 fully saturated rings. The molecule has 19 heavy (non-hydrogen) atoms. The molecule has 0 saturated heterocycles. The Labute approximate surface area is 113 Å². The number of aliphatic hydroxyl groups excluding tert-OH is 2. The average molecular weight is 267 g/mol. The number of carbonyl (C=O) groups excluding carboxylic acids is 1. The van der Waals surface area contributed by atoms with Gasteiger partial charge in [0.25, 0.3) is 5.91 Å². The van der Waals surface area contributed by atoms with Gasteiger partial charge in [-0.2, -0.15) is 5.26 Å². The van der Waals surface area contributed by atoms with Gasteiger partial charge in [-0.3, -0.25) is 4.79 Å². The third kappa shape index (κ3) is 5.28. The second-order valence-corrected chi connectivity index (χ2v) is 4.59. The molecule has 0 aromatic heterocycles. The van der Waals surface area contributed by atoms with Crippen LogP contribution in [0.25, 0.3) is 0 Å². The number of hydrogen-bond donors (Lipinski definition) is 3. The fourth-order valence-electron chi connectivity index (χ4n) is 2.15. The van der Waals surface area contributed by atoms with Crippen molar-refractivity contribution in [3.63, 3.8) is 0 Å². The molecule has 0 radical (unpaired) electrons. The summed E-state index contributed by atoms with van der Waals surface area (Å²) in [5, 5.41) is 29.6. The maximum atomic E-state index is 11.9. The van der Waals surface area contributed by atoms with Gasteiger partial charge in [0.1, 0.15) is 11.6 Å². The molecular formula is C13H21N3O3. The summed E-state index contributed by atoms with van der Waals surface area (Å²) in [6.45, 7) is 0.365. The number of nitrogens with zero attached hydrogens (tertiary/aromatic N) is 2. The lowest BCUT2D eigenvalue weighted by Gasteiger charge is -2.19. The highest BCUT2D eigenvalue weighted by Crippen LogP contribution is 2.17. The lowest BCUT2D eigenvalue weighted by atomic mass is 10.2. The maximum Gasteiger partial charge on any atom is 0.263 e. The SMILES string of the molecule is N#C/C(=C/N(CCO)CCO)C(=O)NC1CCCC1. The van der Waals surface area contributed by atoms with Crippen molar-refractivity contribution < 1.29 is 15.0 Å². The summed E-state index contributed by atoms with van der Waals surface area (Å²) < 4.78 is 0. The molecule has 0 bridgehead atoms. The highest BCUT2D eigenvalue weighted by molar-refractivity contribution is 5.97. The van der Waals surface area contributed by atoms with Crippen LogP contribution in [0.2, 0.25) is 0 Å². The quantitative estimate of drug-likeness (QED) is 0.436. The zero-order chi connectivity index (χ0) is 14.1. The summed E-state index contributed by atoms with van der Waals surface area (Å²) in [6.07, 6.45) is 5.54. The van der Waals surface area contributed by atoms with E-state index in [1.807, 2.05) is 6.07 Å². The molecule has 0 atom stereocenters. The molecule has 0 spiro atoms. The molecule has 0 aliphatic heterocycles. The van der Waals surface area contributed by atoms with Crippen molar-refractivity contribution in [3.8, 4) is 6.07 Å². The molecular weight excluding hydrogens is 246 g/mol. The van der Waals surface area contributed by atoms with Gasteiger partial charge < -0.3 is 20.4 Å². The van der Waals surface area contributed by atoms with Crippen molar-refractivity contribution in [3.05, 3.63) is 11.8 Å². The first-order valence-corrected chi connectivity index (χ1v) is 6.59. The van der Waals surface area contributed by atoms with Crippen LogP contribution in [0, 0.1) is 11.3 Å². The number of amides is 1. The number of rotatable bonds is 7. The van der Waals surface area contributed by atoms with Crippen LogP contribution in [0.4, 0.5) is 0 Å². The summed E-state index contributed by atoms with van der Waals surface area (Å²) >= 11 is 0. The first-order valence-electron chi connectivity index (χ1n) is 6.59. The Bertz CT molecular complexity index is 351. The van der Waals surface area contributed by atoms with Crippen LogP contribution in [0.3, 0.4) is 0 Å². The number of nitriles is 1. The monoisotopic (exact) mass is 267 g/mol. The Morgan fingerprint density at radius 1 is 1.32 bits per heavy atom. The highest BCUT2D eigenvalue weighted by Gasteiger charge is 2.19. The van der Waals surface area contributed by atoms with Gasteiger partial charge in [0.2, 0.25) is 0 Å². The van der Waals surface area contributed by atoms with Gasteiger partial charge in [-0.05, 0) is 12.8 Å². The van der Waals surface area contributed by atoms with Crippen molar-refractivity contribution in [1.82, 2.24) is 10.2 Å². The second-order valence-electron chi connectivity index (χ2n) is 4.59. The molecule has 1 amide bonds. The standard InChI is InChI=1S/C13H21N3O3/c14-9-11(10-16(5-7-17)6-8-18)13(19)15-12-3-1-2-4-12/h10,12,17-18H,1-8H2,(H,15,19)/b11-10-. The molecule has 0 aromatic carbocycles. The fourth-order valence-corrected chi connectivity index (χ4v) is 2.15. The molecule has 3 N–H and O–H groups in total. The Morgan fingerprint density at radius 2 is 1.89 bits per heavy atom. The Hall–Kier alpha value is -1.58. The molecule has 0 unspecified atom stereocenters. The summed E-state index contributed by atoms with van der Waals surface area (Å²) in [4.78, 5) is 13.5. The molecule has 0 heterocycles. The second kappa shape index (κ2) is 8.51. The van der Waals surface area contributed by atoms with Gasteiger partial charge in [0.15, 0.2) is 0 Å². The third-order valence-corrected chi connectivity index (χ3v) is 3.14. The van der Waals surface area contributed by atoms with Gasteiger partial charge >= 0.3 is 0 Å². The van der Waals surface area contributed by atoms with Crippen molar-refractivity contribution in [2.24, 2.45) is 0 Å². The summed E-state index contributed by atoms with van der Waals surface area (Å²) in [5.41, 5.74) is 0.00815. The van der Waals surface area contributed by atoms with E-state index in [0.717, 1.165) is 25.7 Å². The minimum Gasteiger partial charge on any atom is -0.395 e. The summed E-state index contributed by atoms with van der Waals surface area (Å²) in [6, 6.07) is 2.03. The fraction of sp³-hybridized carbons (Fsp3) is 0.692. The average Bonchev–Trinajstić information content (AvgIpc) is 2.89. The van der Waals surface area contributed by atoms with Crippen molar-refractivity contribution in [2.75, 3.05) is 26.3 Å². The van der Waals surface area contributed by atoms with Crippen LogP contribution < -0.4 is 5.32 Å². The van der Waals surface area contributed by atoms with Gasteiger partial charge in [0, 0.05) is 25.3 Å². The van der Waals surface area contributed by atoms with Crippen molar-refractivity contribution >= 4 is 5.91 Å². The van der Waals surface area contributed by atoms with Crippen molar-refractivity contribution in [2.45, 2.75) is 31.7 Å². The first kappa shape index (κ1) is 15.5. The third-order valence-electron chi connectivity index (χ3n) is 3.14. The van der Waals surface area contributed by atoms with E-state index in [4.69, 9.17) is 15.5 Å². The molecule has 6 heteroatoms. The van der Waals surface area contributed by atoms with Crippen LogP contribution in [0.15, 0.2) is 11.8 Å². The lowest BCUT2D eigenvalue weighted by Crippen LogP contribution is -2.34. The predicted molar refractivity (Wildman–Crippen MR) is 69.8 cm³/mol. The first-order chi connectivity index (χ1) is 9.21. The van der Waals surface area contributed by atoms with E-state index in [1.165, 1.54) is 6.20 Å². The lowest BCUT2D eigenvalue weighted by molar-refractivity contribution is -0.117. The zero-order valence-corrected chi connectivity index (χ0v) is 11.0. The normalized spacial score (nSPS) is 16.2. The smallest absolute Gasteiger partial charge is 0.263 e.